The molecule has 0 saturated heterocycles. The number of phenols is 1. The van der Waals surface area contributed by atoms with Crippen molar-refractivity contribution in [1.29, 1.82) is 0 Å². The molecule has 0 fully saturated rings. The largest absolute Gasteiger partial charge is 0.508 e. The van der Waals surface area contributed by atoms with Crippen LogP contribution in [0, 0.1) is 4.91 Å². The topological polar surface area (TPSA) is 129 Å². The number of nitroso groups, excluding NO2 is 1. The molecular formula is C17H13N7O2. The summed E-state index contributed by atoms with van der Waals surface area (Å²) in [5.74, 6) is 0.609. The molecule has 0 aliphatic carbocycles. The number of aromatic nitrogens is 5. The molecule has 0 bridgehead atoms. The molecule has 0 amide bonds. The van der Waals surface area contributed by atoms with Crippen LogP contribution in [0.5, 0.6) is 5.75 Å². The number of H-pyrrole nitrogens is 1. The number of nitrogens with one attached hydrogen (secondary N) is 2. The first kappa shape index (κ1) is 15.6. The molecule has 1 aromatic carbocycles. The second-order valence-electron chi connectivity index (χ2n) is 5.48. The molecule has 4 aromatic rings. The number of phenolic OH excluding ortho intramolecular Hbond substituents is 1. The second kappa shape index (κ2) is 6.55. The Bertz CT molecular complexity index is 1060. The van der Waals surface area contributed by atoms with Crippen LogP contribution in [0.3, 0.4) is 0 Å². The highest BCUT2D eigenvalue weighted by Gasteiger charge is 2.19. The van der Waals surface area contributed by atoms with E-state index in [4.69, 9.17) is 0 Å². The third kappa shape index (κ3) is 2.81. The van der Waals surface area contributed by atoms with Gasteiger partial charge in [-0.05, 0) is 30.3 Å². The number of aromatic hydroxyl groups is 1. The number of rotatable bonds is 5. The van der Waals surface area contributed by atoms with E-state index in [0.29, 0.717) is 28.1 Å². The lowest BCUT2D eigenvalue weighted by Crippen LogP contribution is -2.01. The molecule has 0 radical (unpaired) electrons. The molecule has 0 unspecified atom stereocenters. The van der Waals surface area contributed by atoms with Crippen LogP contribution in [0.2, 0.25) is 0 Å². The van der Waals surface area contributed by atoms with Crippen molar-refractivity contribution in [3.63, 3.8) is 0 Å². The highest BCUT2D eigenvalue weighted by molar-refractivity contribution is 6.02. The van der Waals surface area contributed by atoms with Gasteiger partial charge in [0.2, 0.25) is 0 Å². The van der Waals surface area contributed by atoms with Gasteiger partial charge in [-0.3, -0.25) is 0 Å². The summed E-state index contributed by atoms with van der Waals surface area (Å²) in [4.78, 5) is 22.5. The monoisotopic (exact) mass is 347 g/mol. The van der Waals surface area contributed by atoms with Gasteiger partial charge in [-0.25, -0.2) is 9.97 Å². The van der Waals surface area contributed by atoms with Gasteiger partial charge in [-0.15, -0.1) is 5.10 Å². The number of anilines is 2. The molecule has 128 valence electrons. The minimum atomic E-state index is -0.139. The fraction of sp³-hybridized carbons (Fsp3) is 0.0588. The maximum atomic E-state index is 10.8. The lowest BCUT2D eigenvalue weighted by Gasteiger charge is -2.09. The van der Waals surface area contributed by atoms with E-state index in [-0.39, 0.29) is 12.3 Å². The predicted molar refractivity (Wildman–Crippen MR) is 95.8 cm³/mol. The van der Waals surface area contributed by atoms with Crippen LogP contribution >= 0.6 is 0 Å². The molecule has 0 aliphatic heterocycles. The van der Waals surface area contributed by atoms with E-state index in [1.54, 1.807) is 48.9 Å². The molecular weight excluding hydrogens is 334 g/mol. The molecule has 0 aliphatic rings. The Morgan fingerprint density at radius 2 is 1.88 bits per heavy atom. The van der Waals surface area contributed by atoms with E-state index >= 15 is 0 Å². The first-order valence-corrected chi connectivity index (χ1v) is 7.75. The second-order valence-corrected chi connectivity index (χ2v) is 5.48. The van der Waals surface area contributed by atoms with Crippen LogP contribution in [0.4, 0.5) is 11.4 Å². The van der Waals surface area contributed by atoms with Gasteiger partial charge in [0.05, 0.1) is 22.3 Å². The number of hydrogen-bond acceptors (Lipinski definition) is 8. The van der Waals surface area contributed by atoms with Crippen molar-refractivity contribution < 1.29 is 5.11 Å². The zero-order chi connectivity index (χ0) is 17.9. The van der Waals surface area contributed by atoms with Crippen LogP contribution < -0.4 is 5.32 Å². The maximum absolute atomic E-state index is 10.8. The van der Waals surface area contributed by atoms with Crippen LogP contribution in [0.15, 0.2) is 54.1 Å². The van der Waals surface area contributed by atoms with Crippen LogP contribution in [0.1, 0.15) is 5.69 Å². The van der Waals surface area contributed by atoms with Crippen LogP contribution in [-0.2, 0) is 6.54 Å². The highest BCUT2D eigenvalue weighted by Crippen LogP contribution is 2.34. The fourth-order valence-electron chi connectivity index (χ4n) is 2.69. The van der Waals surface area contributed by atoms with E-state index in [9.17, 15) is 10.0 Å². The standard InChI is InChI=1S/C17H13N7O2/c25-11-4-2-10(3-5-11)22-12-8-20-17-14(12)15(13(9-21-26)23-24-17)16-18-6-1-7-19-16/h1-8,22,25H,9H2,(H,20,24). The Labute approximate surface area is 147 Å². The Morgan fingerprint density at radius 3 is 2.62 bits per heavy atom. The number of hydrogen-bond donors (Lipinski definition) is 3. The van der Waals surface area contributed by atoms with Gasteiger partial charge in [0.15, 0.2) is 11.5 Å². The van der Waals surface area contributed by atoms with Crippen molar-refractivity contribution in [2.75, 3.05) is 5.32 Å². The summed E-state index contributed by atoms with van der Waals surface area (Å²) in [5.41, 5.74) is 3.01. The van der Waals surface area contributed by atoms with E-state index in [0.717, 1.165) is 11.4 Å². The Morgan fingerprint density at radius 1 is 1.12 bits per heavy atom. The summed E-state index contributed by atoms with van der Waals surface area (Å²) in [6.07, 6.45) is 4.98. The van der Waals surface area contributed by atoms with E-state index in [2.05, 4.69) is 35.6 Å². The third-order valence-electron chi connectivity index (χ3n) is 3.82. The van der Waals surface area contributed by atoms with Gasteiger partial charge >= 0.3 is 0 Å². The molecule has 9 nitrogen and oxygen atoms in total. The van der Waals surface area contributed by atoms with Crippen molar-refractivity contribution in [1.82, 2.24) is 25.1 Å². The van der Waals surface area contributed by atoms with Gasteiger partial charge in [0.25, 0.3) is 0 Å². The molecule has 4 rings (SSSR count). The molecule has 3 aromatic heterocycles. The Kier molecular flexibility index (Phi) is 3.94. The summed E-state index contributed by atoms with van der Waals surface area (Å²) in [6, 6.07) is 8.37. The number of fused-ring (bicyclic) bond motifs is 1. The molecule has 9 heteroatoms. The van der Waals surface area contributed by atoms with E-state index < -0.39 is 0 Å². The average Bonchev–Trinajstić information content (AvgIpc) is 3.07. The molecule has 0 saturated carbocycles. The predicted octanol–water partition coefficient (Wildman–Crippen LogP) is 3.13. The number of nitrogens with zero attached hydrogens (tertiary/aromatic N) is 5. The molecule has 3 heterocycles. The van der Waals surface area contributed by atoms with Gasteiger partial charge in [0, 0.05) is 24.3 Å². The third-order valence-corrected chi connectivity index (χ3v) is 3.82. The SMILES string of the molecule is O=NCc1nnc2[nH]cc(Nc3ccc(O)cc3)c2c1-c1ncccn1. The number of aromatic amines is 1. The minimum Gasteiger partial charge on any atom is -0.508 e. The summed E-state index contributed by atoms with van der Waals surface area (Å²) < 4.78 is 0. The van der Waals surface area contributed by atoms with Crippen LogP contribution in [-0.4, -0.2) is 30.3 Å². The normalized spacial score (nSPS) is 10.8. The smallest absolute Gasteiger partial charge is 0.162 e. The average molecular weight is 347 g/mol. The Balaban J connectivity index is 1.90. The van der Waals surface area contributed by atoms with E-state index in [1.165, 1.54) is 0 Å². The lowest BCUT2D eigenvalue weighted by atomic mass is 10.1. The van der Waals surface area contributed by atoms with Crippen molar-refractivity contribution in [3.05, 3.63) is 59.5 Å². The maximum Gasteiger partial charge on any atom is 0.162 e. The van der Waals surface area contributed by atoms with Gasteiger partial charge in [0.1, 0.15) is 12.3 Å². The first-order chi connectivity index (χ1) is 12.8. The minimum absolute atomic E-state index is 0.139. The van der Waals surface area contributed by atoms with Crippen molar-refractivity contribution >= 4 is 22.4 Å². The summed E-state index contributed by atoms with van der Waals surface area (Å²) in [7, 11) is 0. The summed E-state index contributed by atoms with van der Waals surface area (Å²) >= 11 is 0. The van der Waals surface area contributed by atoms with Gasteiger partial charge in [-0.1, -0.05) is 5.18 Å². The van der Waals surface area contributed by atoms with E-state index in [1.807, 2.05) is 0 Å². The van der Waals surface area contributed by atoms with Crippen LogP contribution in [0.25, 0.3) is 22.4 Å². The highest BCUT2D eigenvalue weighted by atomic mass is 16.3. The first-order valence-electron chi connectivity index (χ1n) is 7.75. The van der Waals surface area contributed by atoms with Crippen molar-refractivity contribution in [2.45, 2.75) is 6.54 Å². The zero-order valence-corrected chi connectivity index (χ0v) is 13.4. The summed E-state index contributed by atoms with van der Waals surface area (Å²) in [6.45, 7) is -0.139. The molecule has 0 spiro atoms. The summed E-state index contributed by atoms with van der Waals surface area (Å²) in [5, 5.41) is 24.6. The Hall–Kier alpha value is -3.88. The molecule has 3 N–H and O–H groups in total. The van der Waals surface area contributed by atoms with Crippen molar-refractivity contribution in [2.24, 2.45) is 5.18 Å². The van der Waals surface area contributed by atoms with Crippen molar-refractivity contribution in [3.8, 4) is 17.1 Å². The zero-order valence-electron chi connectivity index (χ0n) is 13.4. The van der Waals surface area contributed by atoms with Gasteiger partial charge < -0.3 is 15.4 Å². The lowest BCUT2D eigenvalue weighted by molar-refractivity contribution is 0.475. The van der Waals surface area contributed by atoms with Gasteiger partial charge in [-0.2, -0.15) is 10.0 Å². The number of benzene rings is 1. The molecule has 26 heavy (non-hydrogen) atoms. The fourth-order valence-corrected chi connectivity index (χ4v) is 2.69. The quantitative estimate of drug-likeness (QED) is 0.373. The molecule has 0 atom stereocenters.